The number of carboxylic acids is 1. The first-order valence-electron chi connectivity index (χ1n) is 4.76. The average Bonchev–Trinajstić information content (AvgIpc) is 2.27. The van der Waals surface area contributed by atoms with Crippen LogP contribution in [0.4, 0.5) is 0 Å². The summed E-state index contributed by atoms with van der Waals surface area (Å²) >= 11 is 0. The van der Waals surface area contributed by atoms with Crippen molar-refractivity contribution in [2.45, 2.75) is 46.0 Å². The first-order valence-corrected chi connectivity index (χ1v) is 4.76. The lowest BCUT2D eigenvalue weighted by Crippen LogP contribution is -2.35. The van der Waals surface area contributed by atoms with Crippen molar-refractivity contribution in [2.75, 3.05) is 6.61 Å². The van der Waals surface area contributed by atoms with Crippen molar-refractivity contribution < 1.29 is 19.4 Å². The number of hydrogen-bond acceptors (Lipinski definition) is 3. The lowest BCUT2D eigenvalue weighted by Gasteiger charge is -2.29. The fourth-order valence-corrected chi connectivity index (χ4v) is 1.58. The summed E-state index contributed by atoms with van der Waals surface area (Å²) in [6, 6.07) is 0. The Hall–Kier alpha value is -0.610. The molecule has 1 aliphatic rings. The van der Waals surface area contributed by atoms with Crippen molar-refractivity contribution in [3.05, 3.63) is 0 Å². The third-order valence-electron chi connectivity index (χ3n) is 2.49. The third kappa shape index (κ3) is 2.69. The zero-order chi connectivity index (χ0) is 11.0. The molecular formula is C10H18O4. The summed E-state index contributed by atoms with van der Waals surface area (Å²) in [6.07, 6.45) is -0.0505. The van der Waals surface area contributed by atoms with Gasteiger partial charge in [0.15, 0.2) is 5.79 Å². The summed E-state index contributed by atoms with van der Waals surface area (Å²) < 4.78 is 11.0. The van der Waals surface area contributed by atoms with Crippen LogP contribution in [0.25, 0.3) is 0 Å². The van der Waals surface area contributed by atoms with E-state index in [2.05, 4.69) is 0 Å². The Morgan fingerprint density at radius 1 is 1.57 bits per heavy atom. The molecule has 1 saturated heterocycles. The maximum atomic E-state index is 10.6. The predicted molar refractivity (Wildman–Crippen MR) is 50.9 cm³/mol. The summed E-state index contributed by atoms with van der Waals surface area (Å²) in [5, 5.41) is 8.74. The zero-order valence-electron chi connectivity index (χ0n) is 9.16. The molecule has 1 fully saturated rings. The predicted octanol–water partition coefficient (Wildman–Crippen LogP) is 1.64. The van der Waals surface area contributed by atoms with Crippen LogP contribution in [-0.4, -0.2) is 29.6 Å². The smallest absolute Gasteiger partial charge is 0.303 e. The summed E-state index contributed by atoms with van der Waals surface area (Å²) in [5.74, 6) is -1.39. The van der Waals surface area contributed by atoms with Crippen LogP contribution in [0.3, 0.4) is 0 Å². The lowest BCUT2D eigenvalue weighted by molar-refractivity contribution is -0.158. The molecule has 0 bridgehead atoms. The molecule has 0 radical (unpaired) electrons. The molecule has 1 N–H and O–H groups in total. The summed E-state index contributed by atoms with van der Waals surface area (Å²) in [4.78, 5) is 10.6. The normalized spacial score (nSPS) is 26.4. The van der Waals surface area contributed by atoms with Gasteiger partial charge in [0, 0.05) is 5.41 Å². The molecule has 1 unspecified atom stereocenters. The second kappa shape index (κ2) is 3.51. The Morgan fingerprint density at radius 2 is 2.14 bits per heavy atom. The molecular weight excluding hydrogens is 184 g/mol. The fourth-order valence-electron chi connectivity index (χ4n) is 1.58. The highest BCUT2D eigenvalue weighted by Gasteiger charge is 2.42. The van der Waals surface area contributed by atoms with Crippen molar-refractivity contribution in [1.82, 2.24) is 0 Å². The van der Waals surface area contributed by atoms with E-state index in [9.17, 15) is 4.79 Å². The largest absolute Gasteiger partial charge is 0.481 e. The minimum atomic E-state index is -0.802. The van der Waals surface area contributed by atoms with Crippen LogP contribution < -0.4 is 0 Å². The van der Waals surface area contributed by atoms with E-state index < -0.39 is 11.8 Å². The second-order valence-corrected chi connectivity index (χ2v) is 4.88. The molecule has 0 aromatic rings. The maximum Gasteiger partial charge on any atom is 0.303 e. The molecule has 0 spiro atoms. The van der Waals surface area contributed by atoms with Gasteiger partial charge >= 0.3 is 5.97 Å². The molecule has 0 aromatic carbocycles. The van der Waals surface area contributed by atoms with E-state index in [-0.39, 0.29) is 17.9 Å². The highest BCUT2D eigenvalue weighted by molar-refractivity contribution is 5.67. The summed E-state index contributed by atoms with van der Waals surface area (Å²) in [6.45, 7) is 7.91. The van der Waals surface area contributed by atoms with Crippen LogP contribution in [0.2, 0.25) is 0 Å². The van der Waals surface area contributed by atoms with E-state index in [4.69, 9.17) is 14.6 Å². The molecule has 0 aromatic heterocycles. The molecule has 0 saturated carbocycles. The van der Waals surface area contributed by atoms with Gasteiger partial charge in [0.05, 0.1) is 19.1 Å². The number of aliphatic carboxylic acids is 1. The van der Waals surface area contributed by atoms with E-state index >= 15 is 0 Å². The molecule has 1 atom stereocenters. The van der Waals surface area contributed by atoms with E-state index in [0.29, 0.717) is 6.61 Å². The molecule has 1 rings (SSSR count). The van der Waals surface area contributed by atoms with Gasteiger partial charge in [0.2, 0.25) is 0 Å². The second-order valence-electron chi connectivity index (χ2n) is 4.88. The van der Waals surface area contributed by atoms with Crippen LogP contribution in [0.5, 0.6) is 0 Å². The SMILES string of the molecule is CC1(C)OCC(C(C)(C)CC(=O)O)O1. The van der Waals surface area contributed by atoms with Crippen molar-refractivity contribution in [1.29, 1.82) is 0 Å². The highest BCUT2D eigenvalue weighted by Crippen LogP contribution is 2.35. The van der Waals surface area contributed by atoms with Crippen LogP contribution >= 0.6 is 0 Å². The Balaban J connectivity index is 2.61. The van der Waals surface area contributed by atoms with Gasteiger partial charge in [-0.2, -0.15) is 0 Å². The zero-order valence-corrected chi connectivity index (χ0v) is 9.16. The standard InChI is InChI=1S/C10H18O4/c1-9(2,5-8(11)12)7-6-13-10(3,4)14-7/h7H,5-6H2,1-4H3,(H,11,12). The molecule has 82 valence electrons. The van der Waals surface area contributed by atoms with Crippen LogP contribution in [0.15, 0.2) is 0 Å². The first-order chi connectivity index (χ1) is 6.23. The first kappa shape index (κ1) is 11.5. The van der Waals surface area contributed by atoms with Crippen LogP contribution in [0, 0.1) is 5.41 Å². The highest BCUT2D eigenvalue weighted by atomic mass is 16.7. The van der Waals surface area contributed by atoms with Crippen molar-refractivity contribution in [3.63, 3.8) is 0 Å². The minimum absolute atomic E-state index is 0.0944. The maximum absolute atomic E-state index is 10.6. The van der Waals surface area contributed by atoms with Gasteiger partial charge in [0.25, 0.3) is 0 Å². The lowest BCUT2D eigenvalue weighted by atomic mass is 9.83. The molecule has 0 amide bonds. The molecule has 1 aliphatic heterocycles. The monoisotopic (exact) mass is 202 g/mol. The van der Waals surface area contributed by atoms with Crippen LogP contribution in [0.1, 0.15) is 34.1 Å². The Kier molecular flexibility index (Phi) is 2.88. The number of hydrogen-bond donors (Lipinski definition) is 1. The average molecular weight is 202 g/mol. The van der Waals surface area contributed by atoms with E-state index in [1.165, 1.54) is 0 Å². The van der Waals surface area contributed by atoms with E-state index in [0.717, 1.165) is 0 Å². The molecule has 14 heavy (non-hydrogen) atoms. The van der Waals surface area contributed by atoms with Crippen molar-refractivity contribution in [3.8, 4) is 0 Å². The molecule has 4 nitrogen and oxygen atoms in total. The Morgan fingerprint density at radius 3 is 2.50 bits per heavy atom. The van der Waals surface area contributed by atoms with E-state index in [1.807, 2.05) is 27.7 Å². The van der Waals surface area contributed by atoms with Gasteiger partial charge in [-0.1, -0.05) is 13.8 Å². The summed E-state index contributed by atoms with van der Waals surface area (Å²) in [7, 11) is 0. The van der Waals surface area contributed by atoms with E-state index in [1.54, 1.807) is 0 Å². The van der Waals surface area contributed by atoms with Gasteiger partial charge in [-0.25, -0.2) is 0 Å². The number of carbonyl (C=O) groups is 1. The third-order valence-corrected chi connectivity index (χ3v) is 2.49. The number of rotatable bonds is 3. The van der Waals surface area contributed by atoms with Crippen molar-refractivity contribution >= 4 is 5.97 Å². The number of carboxylic acid groups (broad SMARTS) is 1. The topological polar surface area (TPSA) is 55.8 Å². The fraction of sp³-hybridized carbons (Fsp3) is 0.900. The van der Waals surface area contributed by atoms with Gasteiger partial charge in [0.1, 0.15) is 0 Å². The Labute approximate surface area is 84.2 Å². The van der Waals surface area contributed by atoms with Crippen LogP contribution in [-0.2, 0) is 14.3 Å². The van der Waals surface area contributed by atoms with Gasteiger partial charge in [-0.15, -0.1) is 0 Å². The van der Waals surface area contributed by atoms with Gasteiger partial charge in [-0.05, 0) is 13.8 Å². The Bertz CT molecular complexity index is 232. The van der Waals surface area contributed by atoms with Gasteiger partial charge in [-0.3, -0.25) is 4.79 Å². The van der Waals surface area contributed by atoms with Gasteiger partial charge < -0.3 is 14.6 Å². The summed E-state index contributed by atoms with van der Waals surface area (Å²) in [5.41, 5.74) is -0.389. The quantitative estimate of drug-likeness (QED) is 0.755. The number of ether oxygens (including phenoxy) is 2. The molecule has 4 heteroatoms. The minimum Gasteiger partial charge on any atom is -0.481 e. The molecule has 0 aliphatic carbocycles. The molecule has 1 heterocycles. The van der Waals surface area contributed by atoms with Crippen molar-refractivity contribution in [2.24, 2.45) is 5.41 Å².